The number of aryl methyl sites for hydroxylation is 1. The summed E-state index contributed by atoms with van der Waals surface area (Å²) in [6.45, 7) is 1.30. The Bertz CT molecular complexity index is 291. The van der Waals surface area contributed by atoms with Crippen molar-refractivity contribution >= 4 is 17.4 Å². The minimum absolute atomic E-state index is 0.269. The third-order valence-corrected chi connectivity index (χ3v) is 3.10. The first kappa shape index (κ1) is 13.4. The second-order valence-electron chi connectivity index (χ2n) is 3.80. The monoisotopic (exact) mass is 239 g/mol. The van der Waals surface area contributed by atoms with E-state index in [0.717, 1.165) is 19.4 Å². The number of aliphatic hydroxyl groups is 1. The minimum Gasteiger partial charge on any atom is -0.396 e. The SMILES string of the molecule is CSCCCNc1cccc(CCCO)c1. The molecule has 90 valence electrons. The fraction of sp³-hybridized carbons (Fsp3) is 0.538. The van der Waals surface area contributed by atoms with Crippen molar-refractivity contribution in [3.8, 4) is 0 Å². The number of aliphatic hydroxyl groups excluding tert-OH is 1. The molecule has 0 aliphatic heterocycles. The smallest absolute Gasteiger partial charge is 0.0434 e. The molecule has 2 nitrogen and oxygen atoms in total. The van der Waals surface area contributed by atoms with E-state index in [1.54, 1.807) is 0 Å². The van der Waals surface area contributed by atoms with E-state index >= 15 is 0 Å². The number of benzene rings is 1. The zero-order valence-corrected chi connectivity index (χ0v) is 10.7. The maximum atomic E-state index is 8.78. The van der Waals surface area contributed by atoms with Crippen LogP contribution in [0.3, 0.4) is 0 Å². The molecule has 0 unspecified atom stereocenters. The van der Waals surface area contributed by atoms with Crippen molar-refractivity contribution in [2.24, 2.45) is 0 Å². The maximum Gasteiger partial charge on any atom is 0.0434 e. The lowest BCUT2D eigenvalue weighted by atomic mass is 10.1. The number of anilines is 1. The van der Waals surface area contributed by atoms with Crippen LogP contribution in [0.25, 0.3) is 0 Å². The Hall–Kier alpha value is -0.670. The molecule has 0 amide bonds. The van der Waals surface area contributed by atoms with E-state index < -0.39 is 0 Å². The predicted octanol–water partition coefficient (Wildman–Crippen LogP) is 2.78. The molecule has 0 fully saturated rings. The first-order chi connectivity index (χ1) is 7.86. The Balaban J connectivity index is 2.35. The van der Waals surface area contributed by atoms with Crippen LogP contribution in [0, 0.1) is 0 Å². The van der Waals surface area contributed by atoms with Gasteiger partial charge in [-0.1, -0.05) is 12.1 Å². The second-order valence-corrected chi connectivity index (χ2v) is 4.79. The quantitative estimate of drug-likeness (QED) is 0.684. The van der Waals surface area contributed by atoms with E-state index in [1.807, 2.05) is 11.8 Å². The van der Waals surface area contributed by atoms with Gasteiger partial charge in [0.1, 0.15) is 0 Å². The molecule has 2 N–H and O–H groups in total. The first-order valence-electron chi connectivity index (χ1n) is 5.79. The number of nitrogens with one attached hydrogen (secondary N) is 1. The van der Waals surface area contributed by atoms with E-state index in [-0.39, 0.29) is 6.61 Å². The molecule has 0 bridgehead atoms. The Labute approximate surface area is 102 Å². The van der Waals surface area contributed by atoms with Gasteiger partial charge in [-0.25, -0.2) is 0 Å². The molecule has 1 aromatic carbocycles. The molecule has 0 radical (unpaired) electrons. The van der Waals surface area contributed by atoms with Crippen LogP contribution in [0.15, 0.2) is 24.3 Å². The average Bonchev–Trinajstić information content (AvgIpc) is 2.33. The van der Waals surface area contributed by atoms with Gasteiger partial charge in [0.05, 0.1) is 0 Å². The highest BCUT2D eigenvalue weighted by Gasteiger charge is 1.95. The molecule has 0 aliphatic carbocycles. The van der Waals surface area contributed by atoms with Crippen molar-refractivity contribution in [1.82, 2.24) is 0 Å². The number of hydrogen-bond donors (Lipinski definition) is 2. The normalized spacial score (nSPS) is 10.4. The van der Waals surface area contributed by atoms with Crippen molar-refractivity contribution in [1.29, 1.82) is 0 Å². The van der Waals surface area contributed by atoms with Crippen LogP contribution in [0.5, 0.6) is 0 Å². The summed E-state index contributed by atoms with van der Waals surface area (Å²) >= 11 is 1.88. The lowest BCUT2D eigenvalue weighted by Crippen LogP contribution is -2.02. The van der Waals surface area contributed by atoms with Gasteiger partial charge in [-0.15, -0.1) is 0 Å². The van der Waals surface area contributed by atoms with Gasteiger partial charge in [-0.2, -0.15) is 11.8 Å². The van der Waals surface area contributed by atoms with Crippen LogP contribution in [0.2, 0.25) is 0 Å². The fourth-order valence-electron chi connectivity index (χ4n) is 1.57. The summed E-state index contributed by atoms with van der Waals surface area (Å²) in [5.74, 6) is 1.21. The lowest BCUT2D eigenvalue weighted by molar-refractivity contribution is 0.288. The molecule has 0 spiro atoms. The van der Waals surface area contributed by atoms with Crippen molar-refractivity contribution in [2.75, 3.05) is 30.5 Å². The fourth-order valence-corrected chi connectivity index (χ4v) is 2.00. The summed E-state index contributed by atoms with van der Waals surface area (Å²) in [6, 6.07) is 8.46. The summed E-state index contributed by atoms with van der Waals surface area (Å²) in [7, 11) is 0. The van der Waals surface area contributed by atoms with Gasteiger partial charge in [-0.05, 0) is 49.0 Å². The lowest BCUT2D eigenvalue weighted by Gasteiger charge is -2.07. The first-order valence-corrected chi connectivity index (χ1v) is 7.19. The van der Waals surface area contributed by atoms with E-state index in [2.05, 4.69) is 35.8 Å². The number of rotatable bonds is 8. The summed E-state index contributed by atoms with van der Waals surface area (Å²) in [6.07, 6.45) is 5.13. The molecule has 0 aromatic heterocycles. The molecule has 1 aromatic rings. The molecule has 0 atom stereocenters. The van der Waals surface area contributed by atoms with Gasteiger partial charge >= 0.3 is 0 Å². The molecule has 16 heavy (non-hydrogen) atoms. The Morgan fingerprint density at radius 1 is 1.31 bits per heavy atom. The molecule has 0 saturated heterocycles. The number of thioether (sulfide) groups is 1. The average molecular weight is 239 g/mol. The van der Waals surface area contributed by atoms with Gasteiger partial charge in [0.15, 0.2) is 0 Å². The van der Waals surface area contributed by atoms with Crippen molar-refractivity contribution in [3.63, 3.8) is 0 Å². The Morgan fingerprint density at radius 2 is 2.19 bits per heavy atom. The largest absolute Gasteiger partial charge is 0.396 e. The van der Waals surface area contributed by atoms with Crippen LogP contribution >= 0.6 is 11.8 Å². The van der Waals surface area contributed by atoms with Gasteiger partial charge < -0.3 is 10.4 Å². The highest BCUT2D eigenvalue weighted by atomic mass is 32.2. The van der Waals surface area contributed by atoms with E-state index in [0.29, 0.717) is 0 Å². The maximum absolute atomic E-state index is 8.78. The molecule has 0 aliphatic rings. The van der Waals surface area contributed by atoms with E-state index in [1.165, 1.54) is 23.4 Å². The van der Waals surface area contributed by atoms with Gasteiger partial charge in [-0.3, -0.25) is 0 Å². The predicted molar refractivity (Wildman–Crippen MR) is 73.3 cm³/mol. The Kier molecular flexibility index (Phi) is 7.10. The van der Waals surface area contributed by atoms with Crippen LogP contribution in [-0.4, -0.2) is 30.3 Å². The zero-order valence-electron chi connectivity index (χ0n) is 9.91. The van der Waals surface area contributed by atoms with Gasteiger partial charge in [0, 0.05) is 18.8 Å². The molecule has 1 rings (SSSR count). The van der Waals surface area contributed by atoms with Crippen LogP contribution in [0.4, 0.5) is 5.69 Å². The van der Waals surface area contributed by atoms with E-state index in [4.69, 9.17) is 5.11 Å². The highest BCUT2D eigenvalue weighted by Crippen LogP contribution is 2.12. The molecular formula is C13H21NOS. The molecule has 0 heterocycles. The Morgan fingerprint density at radius 3 is 2.94 bits per heavy atom. The molecule has 0 saturated carbocycles. The molecule has 3 heteroatoms. The zero-order chi connectivity index (χ0) is 11.6. The van der Waals surface area contributed by atoms with Gasteiger partial charge in [0.25, 0.3) is 0 Å². The van der Waals surface area contributed by atoms with Crippen molar-refractivity contribution in [2.45, 2.75) is 19.3 Å². The second kappa shape index (κ2) is 8.48. The third-order valence-electron chi connectivity index (χ3n) is 2.40. The topological polar surface area (TPSA) is 32.3 Å². The summed E-state index contributed by atoms with van der Waals surface area (Å²) < 4.78 is 0. The van der Waals surface area contributed by atoms with Gasteiger partial charge in [0.2, 0.25) is 0 Å². The standard InChI is InChI=1S/C13H21NOS/c1-16-10-4-8-14-13-7-2-5-12(11-13)6-3-9-15/h2,5,7,11,14-15H,3-4,6,8-10H2,1H3. The molecular weight excluding hydrogens is 218 g/mol. The van der Waals surface area contributed by atoms with Crippen LogP contribution < -0.4 is 5.32 Å². The number of hydrogen-bond acceptors (Lipinski definition) is 3. The van der Waals surface area contributed by atoms with Crippen molar-refractivity contribution < 1.29 is 5.11 Å². The van der Waals surface area contributed by atoms with E-state index in [9.17, 15) is 0 Å². The summed E-state index contributed by atoms with van der Waals surface area (Å²) in [5.41, 5.74) is 2.49. The third kappa shape index (κ3) is 5.42. The summed E-state index contributed by atoms with van der Waals surface area (Å²) in [4.78, 5) is 0. The van der Waals surface area contributed by atoms with Crippen LogP contribution in [0.1, 0.15) is 18.4 Å². The minimum atomic E-state index is 0.269. The highest BCUT2D eigenvalue weighted by molar-refractivity contribution is 7.98. The van der Waals surface area contributed by atoms with Crippen molar-refractivity contribution in [3.05, 3.63) is 29.8 Å². The summed E-state index contributed by atoms with van der Waals surface area (Å²) in [5, 5.41) is 12.2. The van der Waals surface area contributed by atoms with Crippen LogP contribution in [-0.2, 0) is 6.42 Å².